The van der Waals surface area contributed by atoms with Crippen LogP contribution in [-0.2, 0) is 9.47 Å². The van der Waals surface area contributed by atoms with E-state index in [4.69, 9.17) is 9.84 Å². The summed E-state index contributed by atoms with van der Waals surface area (Å²) in [4.78, 5) is 11.2. The van der Waals surface area contributed by atoms with Crippen molar-refractivity contribution >= 4 is 6.09 Å². The Hall–Kier alpha value is -1.37. The van der Waals surface area contributed by atoms with E-state index in [2.05, 4.69) is 10.1 Å². The first-order chi connectivity index (χ1) is 11.9. The van der Waals surface area contributed by atoms with E-state index in [-0.39, 0.29) is 13.0 Å². The van der Waals surface area contributed by atoms with E-state index in [0.29, 0.717) is 0 Å². The maximum Gasteiger partial charge on any atom is 0.407 e. The van der Waals surface area contributed by atoms with E-state index >= 15 is 0 Å². The summed E-state index contributed by atoms with van der Waals surface area (Å²) in [5.41, 5.74) is -0.796. The zero-order valence-corrected chi connectivity index (χ0v) is 14.7. The molecule has 0 atom stereocenters. The van der Waals surface area contributed by atoms with Crippen LogP contribution in [0, 0.1) is 0 Å². The lowest BCUT2D eigenvalue weighted by molar-refractivity contribution is -0.375. The van der Waals surface area contributed by atoms with Gasteiger partial charge in [-0.2, -0.15) is 35.1 Å². The zero-order chi connectivity index (χ0) is 21.7. The molecule has 1 amide bonds. The smallest absolute Gasteiger partial charge is 0.407 e. The Balaban J connectivity index is 4.54. The second-order valence-electron chi connectivity index (χ2n) is 6.55. The molecule has 0 saturated heterocycles. The Morgan fingerprint density at radius 2 is 1.41 bits per heavy atom. The van der Waals surface area contributed by atoms with Crippen molar-refractivity contribution in [2.24, 2.45) is 0 Å². The third kappa shape index (κ3) is 6.63. The van der Waals surface area contributed by atoms with Crippen molar-refractivity contribution in [3.63, 3.8) is 0 Å². The first-order valence-electron chi connectivity index (χ1n) is 7.58. The van der Waals surface area contributed by atoms with Gasteiger partial charge in [0.2, 0.25) is 0 Å². The number of hydrogen-bond donors (Lipinski definition) is 2. The van der Waals surface area contributed by atoms with E-state index in [9.17, 15) is 39.9 Å². The lowest BCUT2D eigenvalue weighted by atomic mass is 9.99. The molecule has 2 N–H and O–H groups in total. The summed E-state index contributed by atoms with van der Waals surface area (Å²) in [5, 5.41) is 10.3. The first-order valence-corrected chi connectivity index (χ1v) is 7.58. The average Bonchev–Trinajstić information content (AvgIpc) is 2.48. The van der Waals surface area contributed by atoms with Gasteiger partial charge >= 0.3 is 29.8 Å². The number of amides is 1. The Morgan fingerprint density at radius 3 is 1.85 bits per heavy atom. The average molecular weight is 419 g/mol. The van der Waals surface area contributed by atoms with Crippen LogP contribution in [0.2, 0.25) is 0 Å². The van der Waals surface area contributed by atoms with Gasteiger partial charge in [-0.15, -0.1) is 0 Å². The lowest BCUT2D eigenvalue weighted by Gasteiger charge is -2.35. The third-order valence-corrected chi connectivity index (χ3v) is 2.93. The van der Waals surface area contributed by atoms with Gasteiger partial charge in [0.25, 0.3) is 0 Å². The molecule has 0 unspecified atom stereocenters. The van der Waals surface area contributed by atoms with E-state index in [1.807, 2.05) is 0 Å². The van der Waals surface area contributed by atoms with Gasteiger partial charge in [-0.25, -0.2) is 4.79 Å². The fourth-order valence-corrected chi connectivity index (χ4v) is 1.53. The number of nitrogens with one attached hydrogen (secondary N) is 1. The summed E-state index contributed by atoms with van der Waals surface area (Å²) >= 11 is 0. The van der Waals surface area contributed by atoms with Gasteiger partial charge in [0.15, 0.2) is 0 Å². The van der Waals surface area contributed by atoms with Gasteiger partial charge in [-0.3, -0.25) is 0 Å². The van der Waals surface area contributed by atoms with Crippen molar-refractivity contribution < 1.29 is 54.5 Å². The number of halogens is 8. The van der Waals surface area contributed by atoms with E-state index in [1.165, 1.54) is 0 Å². The Morgan fingerprint density at radius 1 is 0.926 bits per heavy atom. The fraction of sp³-hybridized carbons (Fsp3) is 0.929. The number of rotatable bonds is 10. The van der Waals surface area contributed by atoms with Crippen LogP contribution in [-0.4, -0.2) is 66.9 Å². The molecule has 0 aromatic carbocycles. The highest BCUT2D eigenvalue weighted by Gasteiger charge is 2.80. The number of alkyl carbamates (subject to hydrolysis) is 1. The predicted molar refractivity (Wildman–Crippen MR) is 76.5 cm³/mol. The maximum absolute atomic E-state index is 13.3. The zero-order valence-electron chi connectivity index (χ0n) is 14.7. The molecule has 0 heterocycles. The molecule has 0 bridgehead atoms. The highest BCUT2D eigenvalue weighted by atomic mass is 19.4. The topological polar surface area (TPSA) is 67.8 Å². The minimum absolute atomic E-state index is 0.171. The van der Waals surface area contributed by atoms with Crippen LogP contribution in [0.15, 0.2) is 0 Å². The number of alkyl halides is 8. The first kappa shape index (κ1) is 25.6. The quantitative estimate of drug-likeness (QED) is 0.421. The highest BCUT2D eigenvalue weighted by Crippen LogP contribution is 2.52. The summed E-state index contributed by atoms with van der Waals surface area (Å²) in [5.74, 6) is -24.4. The molecule has 5 nitrogen and oxygen atoms in total. The van der Waals surface area contributed by atoms with Gasteiger partial charge in [-0.05, 0) is 27.2 Å². The van der Waals surface area contributed by atoms with Gasteiger partial charge < -0.3 is 19.9 Å². The normalized spacial score (nSPS) is 14.2. The standard InChI is InChI=1S/C14H21F8NO4/c1-10(2,3)27-9(25)23-5-4-6-26-8-12(17,18)14(21,22)13(19,20)11(15,16)7-24/h24H,4-8H2,1-3H3,(H,23,25). The highest BCUT2D eigenvalue weighted by molar-refractivity contribution is 5.67. The van der Waals surface area contributed by atoms with Crippen molar-refractivity contribution in [1.29, 1.82) is 0 Å². The second-order valence-corrected chi connectivity index (χ2v) is 6.55. The monoisotopic (exact) mass is 419 g/mol. The van der Waals surface area contributed by atoms with Gasteiger partial charge in [-0.1, -0.05) is 0 Å². The molecule has 13 heteroatoms. The van der Waals surface area contributed by atoms with Crippen LogP contribution in [0.4, 0.5) is 39.9 Å². The van der Waals surface area contributed by atoms with Gasteiger partial charge in [0, 0.05) is 13.2 Å². The Kier molecular flexibility index (Phi) is 8.31. The van der Waals surface area contributed by atoms with Crippen LogP contribution in [0.25, 0.3) is 0 Å². The summed E-state index contributed by atoms with van der Waals surface area (Å²) < 4.78 is 114. The number of ether oxygens (including phenoxy) is 2. The van der Waals surface area contributed by atoms with E-state index in [0.717, 1.165) is 0 Å². The maximum atomic E-state index is 13.3. The number of aliphatic hydroxyl groups is 1. The van der Waals surface area contributed by atoms with Crippen LogP contribution in [0.3, 0.4) is 0 Å². The molecule has 0 saturated carbocycles. The molecular weight excluding hydrogens is 398 g/mol. The van der Waals surface area contributed by atoms with Crippen LogP contribution in [0.5, 0.6) is 0 Å². The SMILES string of the molecule is CC(C)(C)OC(=O)NCCCOCC(F)(F)C(F)(F)C(F)(F)C(F)(F)CO. The summed E-state index contributed by atoms with van der Waals surface area (Å²) in [6.07, 6.45) is -1.02. The fourth-order valence-electron chi connectivity index (χ4n) is 1.53. The van der Waals surface area contributed by atoms with Crippen LogP contribution < -0.4 is 5.32 Å². The number of aliphatic hydroxyl groups excluding tert-OH is 1. The van der Waals surface area contributed by atoms with Crippen LogP contribution in [0.1, 0.15) is 27.2 Å². The third-order valence-electron chi connectivity index (χ3n) is 2.93. The molecule has 27 heavy (non-hydrogen) atoms. The second kappa shape index (κ2) is 8.76. The predicted octanol–water partition coefficient (Wildman–Crippen LogP) is 3.45. The molecule has 0 aliphatic rings. The van der Waals surface area contributed by atoms with Crippen molar-refractivity contribution in [2.75, 3.05) is 26.4 Å². The number of hydrogen-bond acceptors (Lipinski definition) is 4. The molecule has 162 valence electrons. The minimum atomic E-state index is -6.51. The molecule has 0 spiro atoms. The molecule has 0 aromatic heterocycles. The molecular formula is C14H21F8NO4. The summed E-state index contributed by atoms with van der Waals surface area (Å²) in [6, 6.07) is 0. The van der Waals surface area contributed by atoms with Crippen LogP contribution >= 0.6 is 0 Å². The van der Waals surface area contributed by atoms with Gasteiger partial charge in [0.05, 0.1) is 0 Å². The molecule has 0 aromatic rings. The van der Waals surface area contributed by atoms with Crippen molar-refractivity contribution in [3.05, 3.63) is 0 Å². The number of carbonyl (C=O) groups excluding carboxylic acids is 1. The lowest BCUT2D eigenvalue weighted by Crippen LogP contribution is -2.64. The molecule has 0 aliphatic heterocycles. The van der Waals surface area contributed by atoms with Crippen molar-refractivity contribution in [1.82, 2.24) is 5.32 Å². The van der Waals surface area contributed by atoms with E-state index < -0.39 is 55.2 Å². The minimum Gasteiger partial charge on any atom is -0.444 e. The van der Waals surface area contributed by atoms with E-state index in [1.54, 1.807) is 20.8 Å². The number of carbonyl (C=O) groups is 1. The van der Waals surface area contributed by atoms with Crippen molar-refractivity contribution in [2.45, 2.75) is 56.5 Å². The molecule has 0 fully saturated rings. The Labute approximate surface area is 150 Å². The molecule has 0 aliphatic carbocycles. The molecule has 0 rings (SSSR count). The summed E-state index contributed by atoms with van der Waals surface area (Å²) in [6.45, 7) is -1.12. The van der Waals surface area contributed by atoms with Crippen molar-refractivity contribution in [3.8, 4) is 0 Å². The Bertz CT molecular complexity index is 494. The summed E-state index contributed by atoms with van der Waals surface area (Å²) in [7, 11) is 0. The largest absolute Gasteiger partial charge is 0.444 e. The van der Waals surface area contributed by atoms with Gasteiger partial charge in [0.1, 0.15) is 18.8 Å². The molecule has 0 radical (unpaired) electrons.